The number of para-hydroxylation sites is 2. The fourth-order valence-corrected chi connectivity index (χ4v) is 4.54. The zero-order chi connectivity index (χ0) is 26.4. The van der Waals surface area contributed by atoms with E-state index in [0.717, 1.165) is 55.3 Å². The van der Waals surface area contributed by atoms with Gasteiger partial charge in [0.1, 0.15) is 19.0 Å². The number of carboxylic acid groups (broad SMARTS) is 2. The van der Waals surface area contributed by atoms with E-state index in [0.29, 0.717) is 31.4 Å². The summed E-state index contributed by atoms with van der Waals surface area (Å²) < 4.78 is 13.5. The van der Waals surface area contributed by atoms with E-state index in [1.165, 1.54) is 5.52 Å². The number of aliphatic carboxylic acids is 2. The zero-order valence-corrected chi connectivity index (χ0v) is 20.6. The van der Waals surface area contributed by atoms with Gasteiger partial charge < -0.3 is 29.6 Å². The first-order valence-electron chi connectivity index (χ1n) is 12.1. The summed E-state index contributed by atoms with van der Waals surface area (Å²) >= 11 is 0. The summed E-state index contributed by atoms with van der Waals surface area (Å²) in [5.74, 6) is -0.549. The maximum atomic E-state index is 12.5. The number of amides is 1. The Hall–Kier alpha value is -4.12. The zero-order valence-electron chi connectivity index (χ0n) is 20.6. The van der Waals surface area contributed by atoms with Crippen LogP contribution in [0, 0.1) is 12.8 Å². The molecule has 196 valence electrons. The normalized spacial score (nSPS) is 15.5. The molecule has 0 bridgehead atoms. The number of benzene rings is 2. The van der Waals surface area contributed by atoms with Gasteiger partial charge in [0.05, 0.1) is 17.6 Å². The Balaban J connectivity index is 0.000000480. The first kappa shape index (κ1) is 26.0. The maximum absolute atomic E-state index is 12.5. The lowest BCUT2D eigenvalue weighted by atomic mass is 9.96. The molecule has 2 aliphatic heterocycles. The van der Waals surface area contributed by atoms with Gasteiger partial charge in [0, 0.05) is 18.3 Å². The second-order valence-corrected chi connectivity index (χ2v) is 8.99. The van der Waals surface area contributed by atoms with Gasteiger partial charge >= 0.3 is 11.9 Å². The third kappa shape index (κ3) is 6.76. The van der Waals surface area contributed by atoms with E-state index < -0.39 is 11.9 Å². The molecule has 11 nitrogen and oxygen atoms in total. The Bertz CT molecular complexity index is 1270. The van der Waals surface area contributed by atoms with E-state index in [1.54, 1.807) is 0 Å². The summed E-state index contributed by atoms with van der Waals surface area (Å²) in [4.78, 5) is 37.7. The summed E-state index contributed by atoms with van der Waals surface area (Å²) in [7, 11) is 0. The first-order chi connectivity index (χ1) is 17.8. The Labute approximate surface area is 213 Å². The average Bonchev–Trinajstić information content (AvgIpc) is 3.20. The predicted octanol–water partition coefficient (Wildman–Crippen LogP) is 2.62. The molecule has 0 radical (unpaired) electrons. The number of carbonyl (C=O) groups excluding carboxylic acids is 1. The molecule has 0 unspecified atom stereocenters. The van der Waals surface area contributed by atoms with Gasteiger partial charge in [-0.3, -0.25) is 9.69 Å². The highest BCUT2D eigenvalue weighted by Crippen LogP contribution is 2.32. The number of carboxylic acids is 2. The van der Waals surface area contributed by atoms with Crippen LogP contribution in [0.25, 0.3) is 11.0 Å². The van der Waals surface area contributed by atoms with Gasteiger partial charge in [0.2, 0.25) is 5.91 Å². The van der Waals surface area contributed by atoms with Gasteiger partial charge in [-0.25, -0.2) is 14.6 Å². The van der Waals surface area contributed by atoms with Crippen LogP contribution in [0.15, 0.2) is 42.5 Å². The van der Waals surface area contributed by atoms with E-state index >= 15 is 0 Å². The molecule has 0 aliphatic carbocycles. The van der Waals surface area contributed by atoms with Crippen molar-refractivity contribution in [1.29, 1.82) is 0 Å². The molecule has 1 fully saturated rings. The number of nitrogens with zero attached hydrogens (tertiary/aromatic N) is 3. The van der Waals surface area contributed by atoms with Crippen molar-refractivity contribution < 1.29 is 34.1 Å². The number of imidazole rings is 1. The quantitative estimate of drug-likeness (QED) is 0.441. The van der Waals surface area contributed by atoms with Crippen molar-refractivity contribution in [2.45, 2.75) is 26.3 Å². The minimum absolute atomic E-state index is 0.00609. The molecule has 37 heavy (non-hydrogen) atoms. The predicted molar refractivity (Wildman–Crippen MR) is 135 cm³/mol. The fourth-order valence-electron chi connectivity index (χ4n) is 4.54. The van der Waals surface area contributed by atoms with Crippen LogP contribution < -0.4 is 14.8 Å². The number of hydrogen-bond donors (Lipinski definition) is 3. The summed E-state index contributed by atoms with van der Waals surface area (Å²) in [6.07, 6.45) is 2.17. The number of likely N-dealkylation sites (tertiary alicyclic amines) is 1. The fraction of sp³-hybridized carbons (Fsp3) is 0.385. The van der Waals surface area contributed by atoms with E-state index in [4.69, 9.17) is 29.3 Å². The Morgan fingerprint density at radius 3 is 2.38 bits per heavy atom. The molecule has 2 aliphatic rings. The highest BCUT2D eigenvalue weighted by Gasteiger charge is 2.23. The third-order valence-corrected chi connectivity index (χ3v) is 6.37. The van der Waals surface area contributed by atoms with Crippen molar-refractivity contribution >= 4 is 34.6 Å². The second kappa shape index (κ2) is 11.7. The molecule has 3 heterocycles. The van der Waals surface area contributed by atoms with Crippen molar-refractivity contribution in [1.82, 2.24) is 14.5 Å². The number of fused-ring (bicyclic) bond motifs is 2. The van der Waals surface area contributed by atoms with E-state index in [2.05, 4.69) is 44.9 Å². The standard InChI is InChI=1S/C24H28N4O3.C2H2O4/c1-17-25-20-4-2-3-5-21(20)28(17)15-18-8-10-27(11-9-18)16-24(29)26-19-6-7-22-23(14-19)31-13-12-30-22;3-1(4)2(5)6/h2-7,14,18H,8-13,15-16H2,1H3,(H,26,29);(H,3,4)(H,5,6). The molecule has 1 amide bonds. The van der Waals surface area contributed by atoms with Crippen LogP contribution in [0.2, 0.25) is 0 Å². The van der Waals surface area contributed by atoms with Crippen molar-refractivity contribution in [3.63, 3.8) is 0 Å². The molecular formula is C26H30N4O7. The largest absolute Gasteiger partial charge is 0.486 e. The topological polar surface area (TPSA) is 143 Å². The van der Waals surface area contributed by atoms with Crippen LogP contribution in [0.1, 0.15) is 18.7 Å². The number of anilines is 1. The van der Waals surface area contributed by atoms with Gasteiger partial charge in [-0.15, -0.1) is 0 Å². The number of hydrogen-bond acceptors (Lipinski definition) is 7. The van der Waals surface area contributed by atoms with Crippen LogP contribution in [0.5, 0.6) is 11.5 Å². The van der Waals surface area contributed by atoms with Crippen LogP contribution in [-0.4, -0.2) is 75.4 Å². The molecule has 3 aromatic rings. The Morgan fingerprint density at radius 1 is 1.00 bits per heavy atom. The van der Waals surface area contributed by atoms with Gasteiger partial charge in [-0.2, -0.15) is 0 Å². The minimum atomic E-state index is -1.82. The van der Waals surface area contributed by atoms with Crippen molar-refractivity contribution in [3.8, 4) is 11.5 Å². The first-order valence-corrected chi connectivity index (χ1v) is 12.1. The molecule has 1 aromatic heterocycles. The van der Waals surface area contributed by atoms with Crippen molar-refractivity contribution in [3.05, 3.63) is 48.3 Å². The molecule has 0 atom stereocenters. The van der Waals surface area contributed by atoms with Gasteiger partial charge in [0.25, 0.3) is 0 Å². The second-order valence-electron chi connectivity index (χ2n) is 8.99. The van der Waals surface area contributed by atoms with Crippen molar-refractivity contribution in [2.24, 2.45) is 5.92 Å². The van der Waals surface area contributed by atoms with Crippen LogP contribution >= 0.6 is 0 Å². The van der Waals surface area contributed by atoms with E-state index in [1.807, 2.05) is 24.3 Å². The smallest absolute Gasteiger partial charge is 0.414 e. The average molecular weight is 511 g/mol. The number of ether oxygens (including phenoxy) is 2. The highest BCUT2D eigenvalue weighted by molar-refractivity contribution is 6.27. The third-order valence-electron chi connectivity index (χ3n) is 6.37. The number of rotatable bonds is 5. The maximum Gasteiger partial charge on any atom is 0.414 e. The molecule has 5 rings (SSSR count). The Morgan fingerprint density at radius 2 is 1.68 bits per heavy atom. The molecule has 11 heteroatoms. The number of nitrogens with one attached hydrogen (secondary N) is 1. The van der Waals surface area contributed by atoms with Gasteiger partial charge in [0.15, 0.2) is 11.5 Å². The number of aromatic nitrogens is 2. The molecule has 1 saturated heterocycles. The van der Waals surface area contributed by atoms with E-state index in [-0.39, 0.29) is 5.91 Å². The van der Waals surface area contributed by atoms with Crippen LogP contribution in [0.3, 0.4) is 0 Å². The summed E-state index contributed by atoms with van der Waals surface area (Å²) in [5, 5.41) is 17.8. The monoisotopic (exact) mass is 510 g/mol. The number of carbonyl (C=O) groups is 3. The summed E-state index contributed by atoms with van der Waals surface area (Å²) in [6.45, 7) is 6.45. The van der Waals surface area contributed by atoms with Crippen molar-refractivity contribution in [2.75, 3.05) is 38.2 Å². The number of piperidine rings is 1. The van der Waals surface area contributed by atoms with Gasteiger partial charge in [-0.05, 0) is 63.0 Å². The minimum Gasteiger partial charge on any atom is -0.486 e. The van der Waals surface area contributed by atoms with Gasteiger partial charge in [-0.1, -0.05) is 12.1 Å². The Kier molecular flexibility index (Phi) is 8.24. The molecular weight excluding hydrogens is 480 g/mol. The number of aryl methyl sites for hydroxylation is 1. The molecule has 3 N–H and O–H groups in total. The van der Waals surface area contributed by atoms with Crippen LogP contribution in [-0.2, 0) is 20.9 Å². The van der Waals surface area contributed by atoms with Crippen LogP contribution in [0.4, 0.5) is 5.69 Å². The molecule has 0 spiro atoms. The van der Waals surface area contributed by atoms with E-state index in [9.17, 15) is 4.79 Å². The molecule has 0 saturated carbocycles. The summed E-state index contributed by atoms with van der Waals surface area (Å²) in [6, 6.07) is 13.9. The lowest BCUT2D eigenvalue weighted by molar-refractivity contribution is -0.159. The lowest BCUT2D eigenvalue weighted by Crippen LogP contribution is -2.40. The molecule has 2 aromatic carbocycles. The highest BCUT2D eigenvalue weighted by atomic mass is 16.6. The lowest BCUT2D eigenvalue weighted by Gasteiger charge is -2.32. The SMILES string of the molecule is Cc1nc2ccccc2n1CC1CCN(CC(=O)Nc2ccc3c(c2)OCCO3)CC1.O=C(O)C(=O)O. The summed E-state index contributed by atoms with van der Waals surface area (Å²) in [5.41, 5.74) is 3.01.